The van der Waals surface area contributed by atoms with Crippen molar-refractivity contribution in [1.29, 1.82) is 0 Å². The summed E-state index contributed by atoms with van der Waals surface area (Å²) in [7, 11) is 0. The van der Waals surface area contributed by atoms with Crippen LogP contribution in [0.2, 0.25) is 0 Å². The molecule has 100 valence electrons. The van der Waals surface area contributed by atoms with Gasteiger partial charge in [0.25, 0.3) is 0 Å². The lowest BCUT2D eigenvalue weighted by Crippen LogP contribution is -2.35. The van der Waals surface area contributed by atoms with Gasteiger partial charge in [-0.05, 0) is 25.2 Å². The van der Waals surface area contributed by atoms with Crippen molar-refractivity contribution in [2.75, 3.05) is 6.54 Å². The summed E-state index contributed by atoms with van der Waals surface area (Å²) in [6.45, 7) is 4.93. The fourth-order valence-electron chi connectivity index (χ4n) is 2.49. The van der Waals surface area contributed by atoms with Gasteiger partial charge in [0.2, 0.25) is 5.91 Å². The number of carbonyl (C=O) groups excluding carboxylic acids is 1. The van der Waals surface area contributed by atoms with Gasteiger partial charge < -0.3 is 5.32 Å². The monoisotopic (exact) mass is 259 g/mol. The summed E-state index contributed by atoms with van der Waals surface area (Å²) in [5.41, 5.74) is 0. The van der Waals surface area contributed by atoms with Gasteiger partial charge >= 0.3 is 0 Å². The van der Waals surface area contributed by atoms with Crippen molar-refractivity contribution in [1.82, 2.24) is 5.32 Å². The Hall–Kier alpha value is -0.240. The van der Waals surface area contributed by atoms with Crippen LogP contribution in [0.1, 0.15) is 58.8 Å². The molecule has 1 amide bonds. The zero-order valence-corrected chi connectivity index (χ0v) is 11.9. The molecule has 17 heavy (non-hydrogen) atoms. The Balaban J connectivity index is 2.23. The van der Waals surface area contributed by atoms with E-state index >= 15 is 0 Å². The Bertz CT molecular complexity index is 222. The zero-order chi connectivity index (χ0) is 12.7. The summed E-state index contributed by atoms with van der Waals surface area (Å²) in [4.78, 5) is 12.0. The smallest absolute Gasteiger partial charge is 0.223 e. The standard InChI is InChI=1S/C14H26ClNO/c1-11(2)9-13(15)10-16-14(17)12-7-5-3-4-6-8-12/h11-13H,3-10H2,1-2H3,(H,16,17). The molecule has 0 aromatic rings. The normalized spacial score (nSPS) is 20.0. The van der Waals surface area contributed by atoms with Gasteiger partial charge in [0, 0.05) is 12.5 Å². The Morgan fingerprint density at radius 3 is 2.35 bits per heavy atom. The van der Waals surface area contributed by atoms with Gasteiger partial charge in [-0.3, -0.25) is 4.79 Å². The second-order valence-corrected chi connectivity index (χ2v) is 6.28. The lowest BCUT2D eigenvalue weighted by atomic mass is 9.99. The quantitative estimate of drug-likeness (QED) is 0.592. The van der Waals surface area contributed by atoms with Gasteiger partial charge in [-0.2, -0.15) is 0 Å². The van der Waals surface area contributed by atoms with Crippen LogP contribution in [0.4, 0.5) is 0 Å². The molecular formula is C14H26ClNO. The Labute approximate surface area is 110 Å². The molecule has 0 saturated heterocycles. The molecule has 2 nitrogen and oxygen atoms in total. The summed E-state index contributed by atoms with van der Waals surface area (Å²) < 4.78 is 0. The average molecular weight is 260 g/mol. The molecule has 0 aliphatic heterocycles. The molecule has 1 fully saturated rings. The van der Waals surface area contributed by atoms with Crippen molar-refractivity contribution in [2.45, 2.75) is 64.2 Å². The molecular weight excluding hydrogens is 234 g/mol. The SMILES string of the molecule is CC(C)CC(Cl)CNC(=O)C1CCCCCC1. The van der Waals surface area contributed by atoms with Gasteiger partial charge in [-0.25, -0.2) is 0 Å². The van der Waals surface area contributed by atoms with E-state index in [2.05, 4.69) is 19.2 Å². The van der Waals surface area contributed by atoms with Crippen molar-refractivity contribution >= 4 is 17.5 Å². The van der Waals surface area contributed by atoms with Crippen molar-refractivity contribution in [3.05, 3.63) is 0 Å². The van der Waals surface area contributed by atoms with E-state index in [0.29, 0.717) is 12.5 Å². The van der Waals surface area contributed by atoms with Crippen LogP contribution in [0.3, 0.4) is 0 Å². The van der Waals surface area contributed by atoms with E-state index in [-0.39, 0.29) is 17.2 Å². The number of alkyl halides is 1. The van der Waals surface area contributed by atoms with Gasteiger partial charge in [-0.15, -0.1) is 11.6 Å². The van der Waals surface area contributed by atoms with E-state index in [1.54, 1.807) is 0 Å². The predicted molar refractivity (Wildman–Crippen MR) is 73.3 cm³/mol. The Morgan fingerprint density at radius 2 is 1.82 bits per heavy atom. The molecule has 1 aliphatic rings. The number of hydrogen-bond donors (Lipinski definition) is 1. The molecule has 1 rings (SSSR count). The number of amides is 1. The molecule has 0 spiro atoms. The Morgan fingerprint density at radius 1 is 1.24 bits per heavy atom. The minimum Gasteiger partial charge on any atom is -0.354 e. The molecule has 0 aromatic carbocycles. The second-order valence-electron chi connectivity index (χ2n) is 5.66. The minimum absolute atomic E-state index is 0.0738. The van der Waals surface area contributed by atoms with E-state index < -0.39 is 0 Å². The minimum atomic E-state index is 0.0738. The summed E-state index contributed by atoms with van der Waals surface area (Å²) in [5.74, 6) is 1.05. The summed E-state index contributed by atoms with van der Waals surface area (Å²) in [5, 5.41) is 3.09. The summed E-state index contributed by atoms with van der Waals surface area (Å²) in [6.07, 6.45) is 8.06. The maximum Gasteiger partial charge on any atom is 0.223 e. The van der Waals surface area contributed by atoms with Gasteiger partial charge in [0.1, 0.15) is 0 Å². The molecule has 1 N–H and O–H groups in total. The molecule has 0 heterocycles. The first-order valence-electron chi connectivity index (χ1n) is 7.01. The third-order valence-corrected chi connectivity index (χ3v) is 3.78. The highest BCUT2D eigenvalue weighted by atomic mass is 35.5. The largest absolute Gasteiger partial charge is 0.354 e. The van der Waals surface area contributed by atoms with Crippen LogP contribution in [-0.2, 0) is 4.79 Å². The molecule has 3 heteroatoms. The molecule has 1 aliphatic carbocycles. The second kappa shape index (κ2) is 7.97. The van der Waals surface area contributed by atoms with E-state index in [1.165, 1.54) is 25.7 Å². The van der Waals surface area contributed by atoms with Gasteiger partial charge in [0.05, 0.1) is 5.38 Å². The van der Waals surface area contributed by atoms with Crippen LogP contribution in [-0.4, -0.2) is 17.8 Å². The van der Waals surface area contributed by atoms with Crippen LogP contribution < -0.4 is 5.32 Å². The summed E-state index contributed by atoms with van der Waals surface area (Å²) >= 11 is 6.18. The number of hydrogen-bond acceptors (Lipinski definition) is 1. The van der Waals surface area contributed by atoms with Crippen molar-refractivity contribution in [3.8, 4) is 0 Å². The first-order chi connectivity index (χ1) is 8.09. The number of rotatable bonds is 5. The third kappa shape index (κ3) is 6.30. The molecule has 1 unspecified atom stereocenters. The molecule has 0 radical (unpaired) electrons. The molecule has 1 saturated carbocycles. The van der Waals surface area contributed by atoms with Crippen molar-refractivity contribution < 1.29 is 4.79 Å². The van der Waals surface area contributed by atoms with Gasteiger partial charge in [0.15, 0.2) is 0 Å². The lowest BCUT2D eigenvalue weighted by Gasteiger charge is -2.17. The first-order valence-corrected chi connectivity index (χ1v) is 7.45. The van der Waals surface area contributed by atoms with Crippen LogP contribution in [0.15, 0.2) is 0 Å². The first kappa shape index (κ1) is 14.8. The molecule has 0 bridgehead atoms. The van der Waals surface area contributed by atoms with Crippen LogP contribution in [0.25, 0.3) is 0 Å². The topological polar surface area (TPSA) is 29.1 Å². The van der Waals surface area contributed by atoms with E-state index in [9.17, 15) is 4.79 Å². The fraction of sp³-hybridized carbons (Fsp3) is 0.929. The maximum absolute atomic E-state index is 12.0. The molecule has 1 atom stereocenters. The highest BCUT2D eigenvalue weighted by Gasteiger charge is 2.20. The highest BCUT2D eigenvalue weighted by Crippen LogP contribution is 2.23. The van der Waals surface area contributed by atoms with Crippen LogP contribution in [0.5, 0.6) is 0 Å². The third-order valence-electron chi connectivity index (χ3n) is 3.45. The van der Waals surface area contributed by atoms with Gasteiger partial charge in [-0.1, -0.05) is 39.5 Å². The van der Waals surface area contributed by atoms with E-state index in [1.807, 2.05) is 0 Å². The maximum atomic E-state index is 12.0. The zero-order valence-electron chi connectivity index (χ0n) is 11.2. The van der Waals surface area contributed by atoms with E-state index in [4.69, 9.17) is 11.6 Å². The fourth-order valence-corrected chi connectivity index (χ4v) is 2.93. The average Bonchev–Trinajstić information content (AvgIpc) is 2.53. The lowest BCUT2D eigenvalue weighted by molar-refractivity contribution is -0.125. The Kier molecular flexibility index (Phi) is 6.94. The predicted octanol–water partition coefficient (Wildman–Crippen LogP) is 3.73. The summed E-state index contributed by atoms with van der Waals surface area (Å²) in [6, 6.07) is 0. The van der Waals surface area contributed by atoms with Crippen LogP contribution in [0, 0.1) is 11.8 Å². The highest BCUT2D eigenvalue weighted by molar-refractivity contribution is 6.20. The molecule has 0 aromatic heterocycles. The number of carbonyl (C=O) groups is 1. The van der Waals surface area contributed by atoms with Crippen molar-refractivity contribution in [2.24, 2.45) is 11.8 Å². The number of halogens is 1. The van der Waals surface area contributed by atoms with E-state index in [0.717, 1.165) is 19.3 Å². The van der Waals surface area contributed by atoms with Crippen LogP contribution >= 0.6 is 11.6 Å². The van der Waals surface area contributed by atoms with Crippen molar-refractivity contribution in [3.63, 3.8) is 0 Å². The number of nitrogens with one attached hydrogen (secondary N) is 1.